The molecule has 1 heterocycles. The van der Waals surface area contributed by atoms with E-state index >= 15 is 0 Å². The van der Waals surface area contributed by atoms with Gasteiger partial charge in [-0.3, -0.25) is 4.79 Å². The minimum Gasteiger partial charge on any atom is -0.497 e. The first-order chi connectivity index (χ1) is 15.0. The molecule has 0 bridgehead atoms. The molecule has 0 radical (unpaired) electrons. The van der Waals surface area contributed by atoms with Gasteiger partial charge in [0.15, 0.2) is 6.10 Å². The second-order valence-electron chi connectivity index (χ2n) is 6.47. The van der Waals surface area contributed by atoms with Crippen LogP contribution in [0, 0.1) is 0 Å². The molecule has 31 heavy (non-hydrogen) atoms. The van der Waals surface area contributed by atoms with E-state index < -0.39 is 18.0 Å². The van der Waals surface area contributed by atoms with E-state index in [4.69, 9.17) is 23.4 Å². The summed E-state index contributed by atoms with van der Waals surface area (Å²) in [5.41, 5.74) is 0.396. The molecule has 1 aromatic heterocycles. The summed E-state index contributed by atoms with van der Waals surface area (Å²) in [5.74, 6) is 0.814. The topological polar surface area (TPSA) is 96.2 Å². The number of benzene rings is 2. The molecule has 0 aliphatic heterocycles. The summed E-state index contributed by atoms with van der Waals surface area (Å²) >= 11 is 0. The lowest BCUT2D eigenvalue weighted by molar-refractivity contribution is -0.123. The predicted molar refractivity (Wildman–Crippen MR) is 113 cm³/mol. The monoisotopic (exact) mass is 425 g/mol. The number of esters is 1. The maximum absolute atomic E-state index is 12.5. The Labute approximate surface area is 179 Å². The summed E-state index contributed by atoms with van der Waals surface area (Å²) in [5, 5.41) is 2.66. The fourth-order valence-corrected chi connectivity index (χ4v) is 2.65. The van der Waals surface area contributed by atoms with Crippen LogP contribution in [0.15, 0.2) is 65.1 Å². The number of rotatable bonds is 9. The Morgan fingerprint density at radius 1 is 0.968 bits per heavy atom. The number of amides is 1. The Balaban J connectivity index is 1.56. The minimum atomic E-state index is -1.07. The molecule has 8 nitrogen and oxygen atoms in total. The van der Waals surface area contributed by atoms with Crippen LogP contribution in [-0.2, 0) is 16.1 Å². The predicted octanol–water partition coefficient (Wildman–Crippen LogP) is 4.06. The third-order valence-electron chi connectivity index (χ3n) is 4.30. The molecule has 0 saturated carbocycles. The second kappa shape index (κ2) is 10.2. The number of hydrogen-bond acceptors (Lipinski definition) is 7. The number of furan rings is 1. The van der Waals surface area contributed by atoms with Crippen molar-refractivity contribution in [1.29, 1.82) is 0 Å². The van der Waals surface area contributed by atoms with Gasteiger partial charge in [0.1, 0.15) is 29.6 Å². The summed E-state index contributed by atoms with van der Waals surface area (Å²) in [4.78, 5) is 24.8. The number of hydrogen-bond donors (Lipinski definition) is 1. The molecule has 1 atom stereocenters. The van der Waals surface area contributed by atoms with Gasteiger partial charge in [0.2, 0.25) is 5.76 Å². The van der Waals surface area contributed by atoms with Crippen LogP contribution < -0.4 is 19.5 Å². The maximum Gasteiger partial charge on any atom is 0.375 e. The van der Waals surface area contributed by atoms with Gasteiger partial charge in [0.25, 0.3) is 5.91 Å². The summed E-state index contributed by atoms with van der Waals surface area (Å²) in [6.45, 7) is 1.62. The molecule has 0 saturated heterocycles. The lowest BCUT2D eigenvalue weighted by atomic mass is 10.2. The van der Waals surface area contributed by atoms with Crippen molar-refractivity contribution in [3.05, 3.63) is 72.2 Å². The van der Waals surface area contributed by atoms with E-state index in [0.717, 1.165) is 0 Å². The molecule has 0 spiro atoms. The van der Waals surface area contributed by atoms with Crippen LogP contribution in [0.5, 0.6) is 17.2 Å². The molecule has 0 aliphatic carbocycles. The highest BCUT2D eigenvalue weighted by atomic mass is 16.6. The first-order valence-electron chi connectivity index (χ1n) is 9.50. The fourth-order valence-electron chi connectivity index (χ4n) is 2.65. The molecule has 2 aromatic carbocycles. The Bertz CT molecular complexity index is 1030. The van der Waals surface area contributed by atoms with Crippen LogP contribution in [0.25, 0.3) is 0 Å². The third-order valence-corrected chi connectivity index (χ3v) is 4.30. The van der Waals surface area contributed by atoms with Crippen molar-refractivity contribution < 1.29 is 33.0 Å². The molecule has 1 N–H and O–H groups in total. The second-order valence-corrected chi connectivity index (χ2v) is 6.47. The van der Waals surface area contributed by atoms with Crippen LogP contribution >= 0.6 is 0 Å². The first-order valence-corrected chi connectivity index (χ1v) is 9.50. The largest absolute Gasteiger partial charge is 0.497 e. The van der Waals surface area contributed by atoms with E-state index in [1.807, 2.05) is 30.3 Å². The Kier molecular flexibility index (Phi) is 7.16. The molecule has 162 valence electrons. The zero-order chi connectivity index (χ0) is 22.2. The van der Waals surface area contributed by atoms with Crippen molar-refractivity contribution in [3.63, 3.8) is 0 Å². The Morgan fingerprint density at radius 2 is 1.74 bits per heavy atom. The lowest BCUT2D eigenvalue weighted by Gasteiger charge is -2.15. The molecule has 3 aromatic rings. The Hall–Kier alpha value is -3.94. The van der Waals surface area contributed by atoms with Crippen LogP contribution in [0.1, 0.15) is 23.2 Å². The summed E-state index contributed by atoms with van der Waals surface area (Å²) < 4.78 is 26.6. The SMILES string of the molecule is COc1ccc(OC)c(NC(=O)C(C)OC(=O)c2ccc(COc3ccccc3)o2)c1. The minimum absolute atomic E-state index is 0.0229. The Morgan fingerprint density at radius 3 is 2.45 bits per heavy atom. The van der Waals surface area contributed by atoms with Crippen molar-refractivity contribution in [2.24, 2.45) is 0 Å². The highest BCUT2D eigenvalue weighted by Crippen LogP contribution is 2.29. The van der Waals surface area contributed by atoms with Gasteiger partial charge >= 0.3 is 5.97 Å². The molecule has 3 rings (SSSR count). The number of anilines is 1. The molecular weight excluding hydrogens is 402 g/mol. The number of para-hydroxylation sites is 1. The number of carbonyl (C=O) groups excluding carboxylic acids is 2. The summed E-state index contributed by atoms with van der Waals surface area (Å²) in [6.07, 6.45) is -1.07. The normalized spacial score (nSPS) is 11.3. The van der Waals surface area contributed by atoms with Crippen LogP contribution in [0.3, 0.4) is 0 Å². The zero-order valence-electron chi connectivity index (χ0n) is 17.4. The zero-order valence-corrected chi connectivity index (χ0v) is 17.4. The van der Waals surface area contributed by atoms with Crippen LogP contribution in [0.2, 0.25) is 0 Å². The molecule has 1 unspecified atom stereocenters. The summed E-state index contributed by atoms with van der Waals surface area (Å²) in [6, 6.07) is 17.3. The highest BCUT2D eigenvalue weighted by Gasteiger charge is 2.22. The van der Waals surface area contributed by atoms with Gasteiger partial charge in [-0.05, 0) is 43.3 Å². The van der Waals surface area contributed by atoms with Crippen molar-refractivity contribution in [2.75, 3.05) is 19.5 Å². The van der Waals surface area contributed by atoms with Crippen molar-refractivity contribution >= 4 is 17.6 Å². The number of nitrogens with one attached hydrogen (secondary N) is 1. The van der Waals surface area contributed by atoms with Crippen LogP contribution in [-0.4, -0.2) is 32.2 Å². The van der Waals surface area contributed by atoms with Gasteiger partial charge < -0.3 is 28.7 Å². The van der Waals surface area contributed by atoms with E-state index in [2.05, 4.69) is 5.32 Å². The standard InChI is InChI=1S/C23H23NO7/c1-15(22(25)24-19-13-17(27-2)9-11-20(19)28-3)30-23(26)21-12-10-18(31-21)14-29-16-7-5-4-6-8-16/h4-13,15H,14H2,1-3H3,(H,24,25). The quantitative estimate of drug-likeness (QED) is 0.517. The molecular formula is C23H23NO7. The van der Waals surface area contributed by atoms with Crippen LogP contribution in [0.4, 0.5) is 5.69 Å². The van der Waals surface area contributed by atoms with E-state index in [-0.39, 0.29) is 12.4 Å². The van der Waals surface area contributed by atoms with Gasteiger partial charge in [0.05, 0.1) is 19.9 Å². The smallest absolute Gasteiger partial charge is 0.375 e. The van der Waals surface area contributed by atoms with Gasteiger partial charge in [-0.1, -0.05) is 18.2 Å². The van der Waals surface area contributed by atoms with Crippen molar-refractivity contribution in [3.8, 4) is 17.2 Å². The van der Waals surface area contributed by atoms with Gasteiger partial charge in [-0.25, -0.2) is 4.79 Å². The lowest BCUT2D eigenvalue weighted by Crippen LogP contribution is -2.30. The first kappa shape index (κ1) is 21.8. The van der Waals surface area contributed by atoms with Gasteiger partial charge in [-0.15, -0.1) is 0 Å². The van der Waals surface area contributed by atoms with Gasteiger partial charge in [0, 0.05) is 6.07 Å². The third kappa shape index (κ3) is 5.79. The average Bonchev–Trinajstić information content (AvgIpc) is 3.27. The average molecular weight is 425 g/mol. The summed E-state index contributed by atoms with van der Waals surface area (Å²) in [7, 11) is 3.00. The molecule has 8 heteroatoms. The van der Waals surface area contributed by atoms with Crippen molar-refractivity contribution in [2.45, 2.75) is 19.6 Å². The number of carbonyl (C=O) groups is 2. The van der Waals surface area contributed by atoms with E-state index in [0.29, 0.717) is 28.7 Å². The van der Waals surface area contributed by atoms with E-state index in [1.54, 1.807) is 24.3 Å². The fraction of sp³-hybridized carbons (Fsp3) is 0.217. The maximum atomic E-state index is 12.5. The van der Waals surface area contributed by atoms with E-state index in [1.165, 1.54) is 27.2 Å². The highest BCUT2D eigenvalue weighted by molar-refractivity contribution is 5.97. The molecule has 0 aliphatic rings. The number of methoxy groups -OCH3 is 2. The number of ether oxygens (including phenoxy) is 4. The van der Waals surface area contributed by atoms with Crippen molar-refractivity contribution in [1.82, 2.24) is 0 Å². The van der Waals surface area contributed by atoms with E-state index in [9.17, 15) is 9.59 Å². The molecule has 0 fully saturated rings. The molecule has 1 amide bonds. The van der Waals surface area contributed by atoms with Gasteiger partial charge in [-0.2, -0.15) is 0 Å².